The van der Waals surface area contributed by atoms with Crippen LogP contribution in [0, 0.1) is 0 Å². The first-order chi connectivity index (χ1) is 10.1. The van der Waals surface area contributed by atoms with Crippen LogP contribution in [0.5, 0.6) is 0 Å². The lowest BCUT2D eigenvalue weighted by Gasteiger charge is -2.10. The molecule has 0 saturated carbocycles. The van der Waals surface area contributed by atoms with Crippen LogP contribution in [0.1, 0.15) is 13.3 Å². The number of nitrogens with zero attached hydrogens (tertiary/aromatic N) is 5. The van der Waals surface area contributed by atoms with Crippen molar-refractivity contribution in [1.82, 2.24) is 24.7 Å². The quantitative estimate of drug-likeness (QED) is 0.775. The summed E-state index contributed by atoms with van der Waals surface area (Å²) in [7, 11) is 0.922. The molecule has 2 aromatic heterocycles. The summed E-state index contributed by atoms with van der Waals surface area (Å²) in [4.78, 5) is 12.8. The van der Waals surface area contributed by atoms with Gasteiger partial charge in [0.25, 0.3) is 5.95 Å². The predicted octanol–water partition coefficient (Wildman–Crippen LogP) is 0.668. The second-order valence-electron chi connectivity index (χ2n) is 4.51. The van der Waals surface area contributed by atoms with E-state index in [9.17, 15) is 4.21 Å². The highest BCUT2D eigenvalue weighted by atomic mass is 32.2. The van der Waals surface area contributed by atoms with Crippen molar-refractivity contribution >= 4 is 22.7 Å². The molecule has 2 unspecified atom stereocenters. The molecule has 2 N–H and O–H groups in total. The van der Waals surface area contributed by atoms with Crippen molar-refractivity contribution in [3.63, 3.8) is 0 Å². The second-order valence-corrected chi connectivity index (χ2v) is 6.31. The van der Waals surface area contributed by atoms with Crippen molar-refractivity contribution in [1.29, 1.82) is 0 Å². The molecule has 2 heterocycles. The van der Waals surface area contributed by atoms with Gasteiger partial charge < -0.3 is 10.6 Å². The van der Waals surface area contributed by atoms with Crippen LogP contribution in [0.25, 0.3) is 5.95 Å². The third-order valence-electron chi connectivity index (χ3n) is 2.96. The molecule has 0 aliphatic heterocycles. The van der Waals surface area contributed by atoms with Crippen LogP contribution in [-0.2, 0) is 10.8 Å². The van der Waals surface area contributed by atoms with Gasteiger partial charge >= 0.3 is 0 Å². The molecular weight excluding hydrogens is 290 g/mol. The van der Waals surface area contributed by atoms with Gasteiger partial charge in [-0.05, 0) is 12.5 Å². The number of anilines is 2. The molecule has 0 aliphatic rings. The molecule has 0 radical (unpaired) electrons. The molecule has 0 amide bonds. The zero-order valence-corrected chi connectivity index (χ0v) is 13.1. The number of nitrogens with one attached hydrogen (secondary N) is 2. The molecule has 2 atom stereocenters. The van der Waals surface area contributed by atoms with E-state index in [2.05, 4.69) is 30.7 Å². The molecule has 8 nitrogen and oxygen atoms in total. The summed E-state index contributed by atoms with van der Waals surface area (Å²) in [6, 6.07) is 1.80. The van der Waals surface area contributed by atoms with Crippen molar-refractivity contribution in [3.05, 3.63) is 18.5 Å². The molecular formula is C12H19N7OS. The fourth-order valence-electron chi connectivity index (χ4n) is 1.60. The summed E-state index contributed by atoms with van der Waals surface area (Å²) in [5.74, 6) is 1.37. The highest BCUT2D eigenvalue weighted by Gasteiger charge is 2.09. The number of rotatable bonds is 7. The number of hydrogen-bond donors (Lipinski definition) is 2. The predicted molar refractivity (Wildman–Crippen MR) is 83.1 cm³/mol. The van der Waals surface area contributed by atoms with E-state index in [1.807, 2.05) is 6.92 Å². The zero-order chi connectivity index (χ0) is 15.2. The third-order valence-corrected chi connectivity index (χ3v) is 4.33. The van der Waals surface area contributed by atoms with Gasteiger partial charge in [0.1, 0.15) is 0 Å². The fourth-order valence-corrected chi connectivity index (χ4v) is 2.05. The molecule has 0 spiro atoms. The van der Waals surface area contributed by atoms with Crippen LogP contribution >= 0.6 is 0 Å². The van der Waals surface area contributed by atoms with E-state index in [4.69, 9.17) is 0 Å². The second kappa shape index (κ2) is 7.11. The minimum atomic E-state index is -0.823. The largest absolute Gasteiger partial charge is 0.357 e. The lowest BCUT2D eigenvalue weighted by molar-refractivity contribution is 0.672. The summed E-state index contributed by atoms with van der Waals surface area (Å²) in [6.45, 7) is 2.60. The molecule has 2 aromatic rings. The van der Waals surface area contributed by atoms with Crippen LogP contribution in [0.2, 0.25) is 0 Å². The molecule has 21 heavy (non-hydrogen) atoms. The van der Waals surface area contributed by atoms with E-state index >= 15 is 0 Å². The van der Waals surface area contributed by atoms with Gasteiger partial charge in [-0.2, -0.15) is 20.1 Å². The van der Waals surface area contributed by atoms with E-state index in [0.29, 0.717) is 24.4 Å². The topological polar surface area (TPSA) is 97.6 Å². The Labute approximate surface area is 125 Å². The normalized spacial score (nSPS) is 13.7. The summed E-state index contributed by atoms with van der Waals surface area (Å²) in [5.41, 5.74) is 0. The first kappa shape index (κ1) is 15.4. The monoisotopic (exact) mass is 309 g/mol. The summed E-state index contributed by atoms with van der Waals surface area (Å²) < 4.78 is 12.9. The molecule has 114 valence electrons. The number of aromatic nitrogens is 5. The van der Waals surface area contributed by atoms with E-state index < -0.39 is 10.8 Å². The Bertz CT molecular complexity index is 602. The summed E-state index contributed by atoms with van der Waals surface area (Å²) in [6.07, 6.45) is 5.92. The lowest BCUT2D eigenvalue weighted by atomic mass is 10.3. The van der Waals surface area contributed by atoms with E-state index in [1.165, 1.54) is 0 Å². The maximum absolute atomic E-state index is 11.3. The van der Waals surface area contributed by atoms with Crippen LogP contribution in [-0.4, -0.2) is 54.0 Å². The van der Waals surface area contributed by atoms with Gasteiger partial charge in [-0.1, -0.05) is 6.92 Å². The zero-order valence-electron chi connectivity index (χ0n) is 12.3. The minimum absolute atomic E-state index is 0.133. The van der Waals surface area contributed by atoms with Gasteiger partial charge in [0.05, 0.1) is 0 Å². The van der Waals surface area contributed by atoms with Gasteiger partial charge in [0.2, 0.25) is 11.9 Å². The van der Waals surface area contributed by atoms with Gasteiger partial charge in [-0.15, -0.1) is 0 Å². The van der Waals surface area contributed by atoms with Gasteiger partial charge in [-0.25, -0.2) is 4.68 Å². The van der Waals surface area contributed by atoms with Crippen LogP contribution in [0.15, 0.2) is 18.5 Å². The summed E-state index contributed by atoms with van der Waals surface area (Å²) >= 11 is 0. The van der Waals surface area contributed by atoms with Gasteiger partial charge in [0, 0.05) is 48.3 Å². The Balaban J connectivity index is 2.09. The standard InChI is InChI=1S/C12H19N7OS/c1-9(21(3)20)5-7-14-11-16-10(13-2)17-12(18-11)19-8-4-6-15-19/h4,6,8-9H,5,7H2,1-3H3,(H2,13,14,16,17,18). The van der Waals surface area contributed by atoms with Crippen molar-refractivity contribution in [3.8, 4) is 5.95 Å². The Hall–Kier alpha value is -2.03. The molecule has 2 rings (SSSR count). The molecule has 0 bridgehead atoms. The summed E-state index contributed by atoms with van der Waals surface area (Å²) in [5, 5.41) is 10.3. The maximum Gasteiger partial charge on any atom is 0.257 e. The van der Waals surface area contributed by atoms with Crippen LogP contribution in [0.4, 0.5) is 11.9 Å². The Kier molecular flexibility index (Phi) is 5.20. The highest BCUT2D eigenvalue weighted by molar-refractivity contribution is 7.84. The molecule has 0 saturated heterocycles. The van der Waals surface area contributed by atoms with Crippen LogP contribution in [0.3, 0.4) is 0 Å². The van der Waals surface area contributed by atoms with E-state index in [0.717, 1.165) is 6.42 Å². The van der Waals surface area contributed by atoms with Crippen molar-refractivity contribution in [2.75, 3.05) is 30.5 Å². The number of hydrogen-bond acceptors (Lipinski definition) is 7. The van der Waals surface area contributed by atoms with Crippen molar-refractivity contribution in [2.24, 2.45) is 0 Å². The molecule has 0 aromatic carbocycles. The average molecular weight is 309 g/mol. The molecule has 9 heteroatoms. The first-order valence-corrected chi connectivity index (χ1v) is 8.22. The maximum atomic E-state index is 11.3. The minimum Gasteiger partial charge on any atom is -0.357 e. The van der Waals surface area contributed by atoms with Gasteiger partial charge in [0.15, 0.2) is 0 Å². The van der Waals surface area contributed by atoms with Crippen molar-refractivity contribution in [2.45, 2.75) is 18.6 Å². The van der Waals surface area contributed by atoms with E-state index in [-0.39, 0.29) is 5.25 Å². The highest BCUT2D eigenvalue weighted by Crippen LogP contribution is 2.09. The van der Waals surface area contributed by atoms with Crippen LogP contribution < -0.4 is 10.6 Å². The Morgan fingerprint density at radius 2 is 2.10 bits per heavy atom. The SMILES string of the molecule is CNc1nc(NCCC(C)S(C)=O)nc(-n2cccn2)n1. The first-order valence-electron chi connectivity index (χ1n) is 6.60. The fraction of sp³-hybridized carbons (Fsp3) is 0.500. The van der Waals surface area contributed by atoms with E-state index in [1.54, 1.807) is 36.4 Å². The Morgan fingerprint density at radius 3 is 2.71 bits per heavy atom. The molecule has 0 aliphatic carbocycles. The smallest absolute Gasteiger partial charge is 0.257 e. The average Bonchev–Trinajstić information content (AvgIpc) is 3.01. The van der Waals surface area contributed by atoms with Gasteiger partial charge in [-0.3, -0.25) is 4.21 Å². The lowest BCUT2D eigenvalue weighted by Crippen LogP contribution is -2.17. The van der Waals surface area contributed by atoms with Crippen molar-refractivity contribution < 1.29 is 4.21 Å². The third kappa shape index (κ3) is 4.22. The molecule has 0 fully saturated rings. The Morgan fingerprint density at radius 1 is 1.33 bits per heavy atom.